The van der Waals surface area contributed by atoms with E-state index in [4.69, 9.17) is 14.2 Å². The number of hydrazone groups is 1. The number of para-hydroxylation sites is 1. The van der Waals surface area contributed by atoms with Crippen LogP contribution in [0.1, 0.15) is 5.56 Å². The summed E-state index contributed by atoms with van der Waals surface area (Å²) in [5.74, 6) is 1.86. The first-order valence-electron chi connectivity index (χ1n) is 11.1. The topological polar surface area (TPSA) is 99.9 Å². The maximum absolute atomic E-state index is 12.5. The van der Waals surface area contributed by atoms with E-state index < -0.39 is 0 Å². The first-order chi connectivity index (χ1) is 18.0. The summed E-state index contributed by atoms with van der Waals surface area (Å²) in [5, 5.41) is 13.4. The van der Waals surface area contributed by atoms with Crippen molar-refractivity contribution < 1.29 is 19.0 Å². The van der Waals surface area contributed by atoms with Gasteiger partial charge in [0.25, 0.3) is 5.91 Å². The first kappa shape index (κ1) is 26.2. The smallest absolute Gasteiger partial charge is 0.250 e. The van der Waals surface area contributed by atoms with Crippen LogP contribution in [0, 0.1) is 0 Å². The van der Waals surface area contributed by atoms with Crippen LogP contribution in [0.3, 0.4) is 0 Å². The number of hydrogen-bond acceptors (Lipinski definition) is 8. The van der Waals surface area contributed by atoms with Gasteiger partial charge in [-0.05, 0) is 42.0 Å². The lowest BCUT2D eigenvalue weighted by molar-refractivity contribution is -0.118. The van der Waals surface area contributed by atoms with Crippen molar-refractivity contribution in [3.05, 3.63) is 76.8 Å². The molecule has 0 saturated heterocycles. The molecule has 0 unspecified atom stereocenters. The number of halogens is 1. The average molecular weight is 582 g/mol. The molecule has 0 aliphatic carbocycles. The molecule has 0 aliphatic rings. The fraction of sp³-hybridized carbons (Fsp3) is 0.154. The van der Waals surface area contributed by atoms with Crippen LogP contribution in [0.25, 0.3) is 17.1 Å². The van der Waals surface area contributed by atoms with Crippen LogP contribution < -0.4 is 19.6 Å². The van der Waals surface area contributed by atoms with Crippen molar-refractivity contribution in [2.75, 3.05) is 27.1 Å². The van der Waals surface area contributed by atoms with Gasteiger partial charge in [0.05, 0.1) is 33.3 Å². The van der Waals surface area contributed by atoms with E-state index in [9.17, 15) is 4.79 Å². The van der Waals surface area contributed by atoms with Crippen molar-refractivity contribution in [3.8, 4) is 34.3 Å². The number of carbonyl (C=O) groups excluding carboxylic acids is 1. The second-order valence-electron chi connectivity index (χ2n) is 7.52. The van der Waals surface area contributed by atoms with Gasteiger partial charge in [0.15, 0.2) is 22.5 Å². The highest BCUT2D eigenvalue weighted by Gasteiger charge is 2.21. The van der Waals surface area contributed by atoms with Gasteiger partial charge in [-0.15, -0.1) is 10.2 Å². The lowest BCUT2D eigenvalue weighted by Crippen LogP contribution is -2.20. The largest absolute Gasteiger partial charge is 0.493 e. The maximum Gasteiger partial charge on any atom is 0.250 e. The van der Waals surface area contributed by atoms with Crippen molar-refractivity contribution >= 4 is 39.8 Å². The molecule has 1 N–H and O–H groups in total. The zero-order chi connectivity index (χ0) is 26.2. The number of methoxy groups -OCH3 is 3. The number of carbonyl (C=O) groups is 1. The van der Waals surface area contributed by atoms with Gasteiger partial charge in [-0.2, -0.15) is 5.10 Å². The number of benzene rings is 3. The lowest BCUT2D eigenvalue weighted by atomic mass is 10.1. The maximum atomic E-state index is 12.5. The zero-order valence-corrected chi connectivity index (χ0v) is 22.7. The van der Waals surface area contributed by atoms with E-state index in [0.717, 1.165) is 15.7 Å². The summed E-state index contributed by atoms with van der Waals surface area (Å²) in [6.45, 7) is 0. The molecule has 9 nitrogen and oxygen atoms in total. The number of hydrogen-bond donors (Lipinski definition) is 1. The van der Waals surface area contributed by atoms with Crippen molar-refractivity contribution in [1.29, 1.82) is 0 Å². The molecule has 4 rings (SSSR count). The molecule has 1 heterocycles. The molecule has 1 amide bonds. The summed E-state index contributed by atoms with van der Waals surface area (Å²) < 4.78 is 19.3. The van der Waals surface area contributed by atoms with E-state index in [2.05, 4.69) is 36.7 Å². The summed E-state index contributed by atoms with van der Waals surface area (Å²) in [5.41, 5.74) is 4.97. The Morgan fingerprint density at radius 3 is 2.30 bits per heavy atom. The Labute approximate surface area is 227 Å². The number of thioether (sulfide) groups is 1. The van der Waals surface area contributed by atoms with Crippen LogP contribution in [-0.2, 0) is 4.79 Å². The molecule has 11 heteroatoms. The summed E-state index contributed by atoms with van der Waals surface area (Å²) >= 11 is 4.64. The van der Waals surface area contributed by atoms with Crippen molar-refractivity contribution in [2.24, 2.45) is 5.10 Å². The standard InChI is InChI=1S/C26H24BrN5O4S/c1-34-21-13-18(14-22(35-2)24(21)36-3)25-30-31-26(32(25)20-7-5-4-6-8-20)37-16-23(33)29-28-15-17-9-11-19(27)12-10-17/h4-15H,16H2,1-3H3,(H,29,33). The highest BCUT2D eigenvalue weighted by atomic mass is 79.9. The Bertz CT molecular complexity index is 1370. The Morgan fingerprint density at radius 1 is 1.00 bits per heavy atom. The Hall–Kier alpha value is -3.83. The van der Waals surface area contributed by atoms with E-state index >= 15 is 0 Å². The molecular weight excluding hydrogens is 558 g/mol. The second-order valence-corrected chi connectivity index (χ2v) is 9.38. The Morgan fingerprint density at radius 2 is 1.68 bits per heavy atom. The van der Waals surface area contributed by atoms with Crippen LogP contribution in [-0.4, -0.2) is 54.0 Å². The molecule has 190 valence electrons. The molecule has 37 heavy (non-hydrogen) atoms. The summed E-state index contributed by atoms with van der Waals surface area (Å²) in [6, 6.07) is 20.9. The normalized spacial score (nSPS) is 10.9. The van der Waals surface area contributed by atoms with Gasteiger partial charge in [-0.3, -0.25) is 9.36 Å². The molecule has 0 atom stereocenters. The number of rotatable bonds is 10. The predicted octanol–water partition coefficient (Wildman–Crippen LogP) is 4.97. The monoisotopic (exact) mass is 581 g/mol. The minimum Gasteiger partial charge on any atom is -0.493 e. The van der Waals surface area contributed by atoms with E-state index in [0.29, 0.717) is 33.8 Å². The molecule has 3 aromatic carbocycles. The number of ether oxygens (including phenoxy) is 3. The Balaban J connectivity index is 1.59. The predicted molar refractivity (Wildman–Crippen MR) is 147 cm³/mol. The lowest BCUT2D eigenvalue weighted by Gasteiger charge is -2.15. The van der Waals surface area contributed by atoms with Gasteiger partial charge in [-0.1, -0.05) is 58.0 Å². The molecule has 0 saturated carbocycles. The zero-order valence-electron chi connectivity index (χ0n) is 20.3. The van der Waals surface area contributed by atoms with Gasteiger partial charge in [0.2, 0.25) is 5.75 Å². The van der Waals surface area contributed by atoms with Crippen LogP contribution in [0.2, 0.25) is 0 Å². The van der Waals surface area contributed by atoms with Crippen molar-refractivity contribution in [1.82, 2.24) is 20.2 Å². The third-order valence-electron chi connectivity index (χ3n) is 5.18. The summed E-state index contributed by atoms with van der Waals surface area (Å²) in [7, 11) is 4.67. The average Bonchev–Trinajstić information content (AvgIpc) is 3.36. The first-order valence-corrected chi connectivity index (χ1v) is 12.8. The van der Waals surface area contributed by atoms with Gasteiger partial charge in [0.1, 0.15) is 0 Å². The number of aromatic nitrogens is 3. The third-order valence-corrected chi connectivity index (χ3v) is 6.63. The summed E-state index contributed by atoms with van der Waals surface area (Å²) in [6.07, 6.45) is 1.59. The van der Waals surface area contributed by atoms with E-state index in [1.807, 2.05) is 71.3 Å². The van der Waals surface area contributed by atoms with Gasteiger partial charge in [-0.25, -0.2) is 5.43 Å². The highest BCUT2D eigenvalue weighted by molar-refractivity contribution is 9.10. The number of nitrogens with zero attached hydrogens (tertiary/aromatic N) is 4. The van der Waals surface area contributed by atoms with Crippen molar-refractivity contribution in [2.45, 2.75) is 5.16 Å². The molecule has 0 fully saturated rings. The second kappa shape index (κ2) is 12.4. The van der Waals surface area contributed by atoms with Gasteiger partial charge < -0.3 is 14.2 Å². The molecule has 1 aromatic heterocycles. The van der Waals surface area contributed by atoms with Crippen LogP contribution in [0.15, 0.2) is 81.5 Å². The molecular formula is C26H24BrN5O4S. The minimum atomic E-state index is -0.268. The van der Waals surface area contributed by atoms with Crippen molar-refractivity contribution in [3.63, 3.8) is 0 Å². The van der Waals surface area contributed by atoms with E-state index in [-0.39, 0.29) is 11.7 Å². The molecule has 0 bridgehead atoms. The van der Waals surface area contributed by atoms with Crippen LogP contribution in [0.5, 0.6) is 17.2 Å². The molecule has 0 aliphatic heterocycles. The number of amides is 1. The van der Waals surface area contributed by atoms with E-state index in [1.165, 1.54) is 11.8 Å². The third kappa shape index (κ3) is 6.30. The fourth-order valence-corrected chi connectivity index (χ4v) is 4.47. The summed E-state index contributed by atoms with van der Waals surface area (Å²) in [4.78, 5) is 12.5. The minimum absolute atomic E-state index is 0.0951. The number of nitrogens with one attached hydrogen (secondary N) is 1. The van der Waals surface area contributed by atoms with Gasteiger partial charge in [0, 0.05) is 15.7 Å². The van der Waals surface area contributed by atoms with E-state index in [1.54, 1.807) is 27.5 Å². The highest BCUT2D eigenvalue weighted by Crippen LogP contribution is 2.41. The van der Waals surface area contributed by atoms with Crippen LogP contribution in [0.4, 0.5) is 0 Å². The quantitative estimate of drug-likeness (QED) is 0.160. The molecule has 4 aromatic rings. The Kier molecular flexibility index (Phi) is 8.81. The SMILES string of the molecule is COc1cc(-c2nnc(SCC(=O)NN=Cc3ccc(Br)cc3)n2-c2ccccc2)cc(OC)c1OC. The fourth-order valence-electron chi connectivity index (χ4n) is 3.46. The molecule has 0 radical (unpaired) electrons. The van der Waals surface area contributed by atoms with Gasteiger partial charge >= 0.3 is 0 Å². The van der Waals surface area contributed by atoms with Crippen LogP contribution >= 0.6 is 27.7 Å². The molecule has 0 spiro atoms.